The third-order valence-corrected chi connectivity index (χ3v) is 5.55. The molecule has 26 heavy (non-hydrogen) atoms. The number of esters is 1. The fourth-order valence-electron chi connectivity index (χ4n) is 4.25. The number of para-hydroxylation sites is 1. The topological polar surface area (TPSA) is 84.9 Å². The van der Waals surface area contributed by atoms with Crippen LogP contribution in [0, 0.1) is 11.8 Å². The van der Waals surface area contributed by atoms with Gasteiger partial charge in [-0.3, -0.25) is 24.6 Å². The quantitative estimate of drug-likeness (QED) is 0.629. The Kier molecular flexibility index (Phi) is 4.75. The first-order valence-corrected chi connectivity index (χ1v) is 8.82. The van der Waals surface area contributed by atoms with Crippen molar-refractivity contribution < 1.29 is 23.9 Å². The Labute approximate surface area is 152 Å². The molecule has 0 saturated carbocycles. The van der Waals surface area contributed by atoms with Crippen LogP contribution in [0.3, 0.4) is 0 Å². The minimum atomic E-state index is -1.23. The highest BCUT2D eigenvalue weighted by Gasteiger charge is 2.67. The molecule has 2 aliphatic heterocycles. The number of nitrogens with zero attached hydrogens (tertiary/aromatic N) is 1. The summed E-state index contributed by atoms with van der Waals surface area (Å²) in [5.41, 5.74) is -0.481. The zero-order valence-electron chi connectivity index (χ0n) is 15.4. The minimum absolute atomic E-state index is 0.205. The smallest absolute Gasteiger partial charge is 0.327 e. The fourth-order valence-corrected chi connectivity index (χ4v) is 4.25. The Morgan fingerprint density at radius 3 is 2.54 bits per heavy atom. The molecule has 2 aliphatic rings. The van der Waals surface area contributed by atoms with Crippen LogP contribution in [0.2, 0.25) is 0 Å². The number of carbonyl (C=O) groups is 3. The number of hydrogen-bond donors (Lipinski definition) is 1. The van der Waals surface area contributed by atoms with Crippen molar-refractivity contribution in [2.75, 3.05) is 20.8 Å². The van der Waals surface area contributed by atoms with E-state index < -0.39 is 29.4 Å². The van der Waals surface area contributed by atoms with Crippen molar-refractivity contribution in [2.45, 2.75) is 31.8 Å². The second-order valence-electron chi connectivity index (χ2n) is 6.65. The van der Waals surface area contributed by atoms with Gasteiger partial charge in [0, 0.05) is 18.7 Å². The number of nitrogens with one attached hydrogen (secondary N) is 1. The molecule has 0 aliphatic carbocycles. The molecule has 2 heterocycles. The summed E-state index contributed by atoms with van der Waals surface area (Å²) in [5.74, 6) is -1.99. The number of ether oxygens (including phenoxy) is 2. The molecule has 140 valence electrons. The number of amides is 2. The van der Waals surface area contributed by atoms with Gasteiger partial charge in [0.15, 0.2) is 0 Å². The Morgan fingerprint density at radius 1 is 1.23 bits per heavy atom. The summed E-state index contributed by atoms with van der Waals surface area (Å²) in [4.78, 5) is 39.6. The number of carbonyl (C=O) groups excluding carboxylic acids is 3. The van der Waals surface area contributed by atoms with Crippen LogP contribution in [0.5, 0.6) is 5.75 Å². The number of fused-ring (bicyclic) bond motifs is 1. The van der Waals surface area contributed by atoms with Gasteiger partial charge >= 0.3 is 5.97 Å². The Morgan fingerprint density at radius 2 is 1.92 bits per heavy atom. The van der Waals surface area contributed by atoms with Gasteiger partial charge in [-0.25, -0.2) is 0 Å². The van der Waals surface area contributed by atoms with E-state index >= 15 is 0 Å². The molecule has 1 N–H and O–H groups in total. The van der Waals surface area contributed by atoms with Crippen LogP contribution in [-0.4, -0.2) is 49.0 Å². The highest BCUT2D eigenvalue weighted by molar-refractivity contribution is 6.09. The van der Waals surface area contributed by atoms with E-state index in [4.69, 9.17) is 9.47 Å². The molecule has 0 bridgehead atoms. The van der Waals surface area contributed by atoms with Crippen LogP contribution >= 0.6 is 0 Å². The van der Waals surface area contributed by atoms with Gasteiger partial charge in [0.05, 0.1) is 25.6 Å². The lowest BCUT2D eigenvalue weighted by Crippen LogP contribution is -2.55. The summed E-state index contributed by atoms with van der Waals surface area (Å²) in [6.45, 7) is 3.75. The number of hydrogen-bond acceptors (Lipinski definition) is 6. The lowest BCUT2D eigenvalue weighted by Gasteiger charge is -2.31. The molecule has 4 atom stereocenters. The van der Waals surface area contributed by atoms with Gasteiger partial charge in [-0.1, -0.05) is 25.1 Å². The normalized spacial score (nSPS) is 30.5. The van der Waals surface area contributed by atoms with E-state index in [1.807, 2.05) is 25.1 Å². The number of benzene rings is 1. The summed E-state index contributed by atoms with van der Waals surface area (Å²) in [6.07, 6.45) is 0.339. The first-order valence-electron chi connectivity index (χ1n) is 8.82. The van der Waals surface area contributed by atoms with Crippen molar-refractivity contribution >= 4 is 17.8 Å². The van der Waals surface area contributed by atoms with E-state index in [2.05, 4.69) is 5.32 Å². The molecule has 7 heteroatoms. The zero-order chi connectivity index (χ0) is 19.1. The average molecular weight is 360 g/mol. The van der Waals surface area contributed by atoms with Crippen molar-refractivity contribution in [2.24, 2.45) is 11.8 Å². The predicted octanol–water partition coefficient (Wildman–Crippen LogP) is 1.28. The van der Waals surface area contributed by atoms with Crippen molar-refractivity contribution in [1.82, 2.24) is 10.2 Å². The zero-order valence-corrected chi connectivity index (χ0v) is 15.4. The molecule has 2 saturated heterocycles. The molecule has 0 radical (unpaired) electrons. The molecule has 1 aromatic rings. The number of rotatable bonds is 5. The van der Waals surface area contributed by atoms with Gasteiger partial charge in [-0.15, -0.1) is 0 Å². The molecule has 0 unspecified atom stereocenters. The van der Waals surface area contributed by atoms with Crippen molar-refractivity contribution in [3.63, 3.8) is 0 Å². The standard InChI is InChI=1S/C19H24N2O5/c1-5-19(18(24)26-6-2)14-13(16(22)21(3)17(14)23)15(20-19)11-9-7-8-10-12(11)25-4/h7-10,13-15,20H,5-6H2,1-4H3/t13-,14+,15+,19+/m0/s1. The first kappa shape index (κ1) is 18.4. The van der Waals surface area contributed by atoms with Gasteiger partial charge in [0.25, 0.3) is 0 Å². The number of imide groups is 1. The maximum Gasteiger partial charge on any atom is 0.327 e. The van der Waals surface area contributed by atoms with Crippen LogP contribution in [0.4, 0.5) is 0 Å². The Bertz CT molecular complexity index is 749. The molecule has 0 spiro atoms. The van der Waals surface area contributed by atoms with E-state index in [-0.39, 0.29) is 18.4 Å². The first-order chi connectivity index (χ1) is 12.4. The molecule has 1 aromatic carbocycles. The van der Waals surface area contributed by atoms with E-state index in [1.165, 1.54) is 7.05 Å². The van der Waals surface area contributed by atoms with E-state index in [1.54, 1.807) is 20.1 Å². The van der Waals surface area contributed by atoms with Gasteiger partial charge in [-0.05, 0) is 19.4 Å². The van der Waals surface area contributed by atoms with E-state index in [0.29, 0.717) is 12.2 Å². The molecule has 0 aromatic heterocycles. The maximum absolute atomic E-state index is 12.8. The second-order valence-corrected chi connectivity index (χ2v) is 6.65. The third kappa shape index (κ3) is 2.41. The van der Waals surface area contributed by atoms with Crippen LogP contribution in [0.15, 0.2) is 24.3 Å². The van der Waals surface area contributed by atoms with Crippen molar-refractivity contribution in [3.05, 3.63) is 29.8 Å². The maximum atomic E-state index is 12.8. The van der Waals surface area contributed by atoms with Crippen LogP contribution in [0.25, 0.3) is 0 Å². The van der Waals surface area contributed by atoms with Crippen molar-refractivity contribution in [3.8, 4) is 5.75 Å². The fraction of sp³-hybridized carbons (Fsp3) is 0.526. The molecular formula is C19H24N2O5. The number of likely N-dealkylation sites (tertiary alicyclic amines) is 1. The van der Waals surface area contributed by atoms with Crippen LogP contribution < -0.4 is 10.1 Å². The predicted molar refractivity (Wildman–Crippen MR) is 93.3 cm³/mol. The largest absolute Gasteiger partial charge is 0.496 e. The van der Waals surface area contributed by atoms with E-state index in [0.717, 1.165) is 10.5 Å². The lowest BCUT2D eigenvalue weighted by molar-refractivity contribution is -0.156. The Hall–Kier alpha value is -2.41. The van der Waals surface area contributed by atoms with Gasteiger partial charge in [0.2, 0.25) is 11.8 Å². The van der Waals surface area contributed by atoms with Gasteiger partial charge < -0.3 is 9.47 Å². The highest BCUT2D eigenvalue weighted by atomic mass is 16.5. The molecule has 2 fully saturated rings. The molecule has 3 rings (SSSR count). The average Bonchev–Trinajstić information content (AvgIpc) is 3.12. The minimum Gasteiger partial charge on any atom is -0.496 e. The molecular weight excluding hydrogens is 336 g/mol. The third-order valence-electron chi connectivity index (χ3n) is 5.55. The highest BCUT2D eigenvalue weighted by Crippen LogP contribution is 2.51. The molecule has 7 nitrogen and oxygen atoms in total. The summed E-state index contributed by atoms with van der Waals surface area (Å²) < 4.78 is 10.7. The van der Waals surface area contributed by atoms with Gasteiger partial charge in [0.1, 0.15) is 11.3 Å². The monoisotopic (exact) mass is 360 g/mol. The Balaban J connectivity index is 2.15. The number of methoxy groups -OCH3 is 1. The molecule has 2 amide bonds. The van der Waals surface area contributed by atoms with E-state index in [9.17, 15) is 14.4 Å². The van der Waals surface area contributed by atoms with Crippen LogP contribution in [0.1, 0.15) is 31.9 Å². The summed E-state index contributed by atoms with van der Waals surface area (Å²) >= 11 is 0. The van der Waals surface area contributed by atoms with Crippen LogP contribution in [-0.2, 0) is 19.1 Å². The SMILES string of the molecule is CCOC(=O)[C@]1(CC)N[C@H](c2ccccc2OC)[C@H]2C(=O)N(C)C(=O)[C@@H]21. The van der Waals surface area contributed by atoms with Crippen molar-refractivity contribution in [1.29, 1.82) is 0 Å². The second kappa shape index (κ2) is 6.72. The summed E-state index contributed by atoms with van der Waals surface area (Å²) in [5, 5.41) is 3.29. The summed E-state index contributed by atoms with van der Waals surface area (Å²) in [7, 11) is 3.02. The lowest BCUT2D eigenvalue weighted by atomic mass is 9.78. The summed E-state index contributed by atoms with van der Waals surface area (Å²) in [6, 6.07) is 6.81. The van der Waals surface area contributed by atoms with Gasteiger partial charge in [-0.2, -0.15) is 0 Å².